The van der Waals surface area contributed by atoms with Crippen molar-refractivity contribution in [3.05, 3.63) is 52.5 Å². The van der Waals surface area contributed by atoms with E-state index in [0.29, 0.717) is 35.8 Å². The van der Waals surface area contributed by atoms with Gasteiger partial charge >= 0.3 is 6.09 Å². The van der Waals surface area contributed by atoms with E-state index in [2.05, 4.69) is 21.2 Å². The van der Waals surface area contributed by atoms with E-state index in [9.17, 15) is 9.59 Å². The second kappa shape index (κ2) is 7.78. The third-order valence-electron chi connectivity index (χ3n) is 3.73. The molecule has 2 aromatic carbocycles. The number of cyclic esters (lactones) is 1. The summed E-state index contributed by atoms with van der Waals surface area (Å²) in [7, 11) is 0. The highest BCUT2D eigenvalue weighted by Gasteiger charge is 2.24. The van der Waals surface area contributed by atoms with Crippen LogP contribution < -0.4 is 15.0 Å². The van der Waals surface area contributed by atoms with Gasteiger partial charge in [0.05, 0.1) is 18.2 Å². The molecule has 1 fully saturated rings. The zero-order valence-corrected chi connectivity index (χ0v) is 16.1. The fraction of sp³-hybridized carbons (Fsp3) is 0.263. The first-order chi connectivity index (χ1) is 12.4. The molecule has 7 heteroatoms. The Kier molecular flexibility index (Phi) is 5.46. The van der Waals surface area contributed by atoms with Gasteiger partial charge in [0.2, 0.25) is 0 Å². The highest BCUT2D eigenvalue weighted by atomic mass is 79.9. The lowest BCUT2D eigenvalue weighted by molar-refractivity contribution is 0.102. The van der Waals surface area contributed by atoms with Crippen molar-refractivity contribution in [1.82, 2.24) is 0 Å². The Balaban J connectivity index is 1.81. The van der Waals surface area contributed by atoms with Crippen molar-refractivity contribution >= 4 is 39.3 Å². The molecule has 1 saturated heterocycles. The highest BCUT2D eigenvalue weighted by Crippen LogP contribution is 2.27. The van der Waals surface area contributed by atoms with Crippen LogP contribution in [0.3, 0.4) is 0 Å². The van der Waals surface area contributed by atoms with Gasteiger partial charge in [-0.15, -0.1) is 0 Å². The maximum absolute atomic E-state index is 12.7. The number of anilines is 2. The summed E-state index contributed by atoms with van der Waals surface area (Å²) >= 11 is 3.39. The number of benzene rings is 2. The van der Waals surface area contributed by atoms with Gasteiger partial charge in [0, 0.05) is 15.8 Å². The molecule has 0 radical (unpaired) electrons. The molecule has 0 aromatic heterocycles. The maximum Gasteiger partial charge on any atom is 0.414 e. The van der Waals surface area contributed by atoms with E-state index in [1.807, 2.05) is 13.8 Å². The molecule has 2 aromatic rings. The van der Waals surface area contributed by atoms with Crippen LogP contribution in [0, 0.1) is 0 Å². The molecule has 0 unspecified atom stereocenters. The van der Waals surface area contributed by atoms with Crippen molar-refractivity contribution in [2.75, 3.05) is 23.4 Å². The Morgan fingerprint density at radius 2 is 2.08 bits per heavy atom. The van der Waals surface area contributed by atoms with Gasteiger partial charge < -0.3 is 14.8 Å². The van der Waals surface area contributed by atoms with Crippen LogP contribution in [0.1, 0.15) is 24.2 Å². The molecule has 0 aliphatic carbocycles. The molecule has 26 heavy (non-hydrogen) atoms. The molecule has 2 amide bonds. The summed E-state index contributed by atoms with van der Waals surface area (Å²) in [5.74, 6) is 0.223. The summed E-state index contributed by atoms with van der Waals surface area (Å²) < 4.78 is 11.5. The summed E-state index contributed by atoms with van der Waals surface area (Å²) in [6, 6.07) is 12.4. The average Bonchev–Trinajstić information content (AvgIpc) is 3.00. The number of halogens is 1. The van der Waals surface area contributed by atoms with Crippen LogP contribution in [0.5, 0.6) is 5.75 Å². The molecule has 1 aliphatic heterocycles. The Morgan fingerprint density at radius 1 is 1.27 bits per heavy atom. The van der Waals surface area contributed by atoms with E-state index in [-0.39, 0.29) is 18.1 Å². The first-order valence-electron chi connectivity index (χ1n) is 8.26. The van der Waals surface area contributed by atoms with E-state index in [1.165, 1.54) is 4.90 Å². The summed E-state index contributed by atoms with van der Waals surface area (Å²) in [5, 5.41) is 2.86. The van der Waals surface area contributed by atoms with Crippen molar-refractivity contribution in [2.45, 2.75) is 20.0 Å². The van der Waals surface area contributed by atoms with Crippen molar-refractivity contribution in [3.63, 3.8) is 0 Å². The van der Waals surface area contributed by atoms with Crippen LogP contribution in [0.15, 0.2) is 46.9 Å². The summed E-state index contributed by atoms with van der Waals surface area (Å²) in [4.78, 5) is 25.9. The fourth-order valence-corrected chi connectivity index (χ4v) is 2.95. The topological polar surface area (TPSA) is 67.9 Å². The first kappa shape index (κ1) is 18.3. The molecule has 1 heterocycles. The normalized spacial score (nSPS) is 13.7. The number of carbonyl (C=O) groups excluding carboxylic acids is 2. The van der Waals surface area contributed by atoms with Crippen molar-refractivity contribution in [1.29, 1.82) is 0 Å². The summed E-state index contributed by atoms with van der Waals surface area (Å²) in [5.41, 5.74) is 1.71. The molecule has 0 spiro atoms. The van der Waals surface area contributed by atoms with Gasteiger partial charge in [0.1, 0.15) is 12.4 Å². The monoisotopic (exact) mass is 418 g/mol. The van der Waals surface area contributed by atoms with Crippen LogP contribution >= 0.6 is 15.9 Å². The SMILES string of the molecule is CC(C)Oc1cc(Br)ccc1C(=O)Nc1cccc(N2CCOC2=O)c1. The van der Waals surface area contributed by atoms with Crippen LogP contribution in [0.25, 0.3) is 0 Å². The Bertz CT molecular complexity index is 838. The average molecular weight is 419 g/mol. The number of rotatable bonds is 5. The highest BCUT2D eigenvalue weighted by molar-refractivity contribution is 9.10. The predicted octanol–water partition coefficient (Wildman–Crippen LogP) is 4.45. The Hall–Kier alpha value is -2.54. The molecule has 0 bridgehead atoms. The van der Waals surface area contributed by atoms with Crippen molar-refractivity contribution in [2.24, 2.45) is 0 Å². The molecule has 1 aliphatic rings. The Morgan fingerprint density at radius 3 is 2.77 bits per heavy atom. The number of nitrogens with one attached hydrogen (secondary N) is 1. The number of carbonyl (C=O) groups is 2. The van der Waals surface area contributed by atoms with Gasteiger partial charge in [0.15, 0.2) is 0 Å². The third kappa shape index (κ3) is 4.16. The minimum Gasteiger partial charge on any atom is -0.490 e. The summed E-state index contributed by atoms with van der Waals surface area (Å²) in [6.07, 6.45) is -0.436. The number of nitrogens with zero attached hydrogens (tertiary/aromatic N) is 1. The van der Waals surface area contributed by atoms with Gasteiger partial charge in [-0.05, 0) is 50.2 Å². The van der Waals surface area contributed by atoms with Gasteiger partial charge in [-0.25, -0.2) is 4.79 Å². The van der Waals surface area contributed by atoms with E-state index < -0.39 is 0 Å². The standard InChI is InChI=1S/C19H19BrN2O4/c1-12(2)26-17-10-13(20)6-7-16(17)18(23)21-14-4-3-5-15(11-14)22-8-9-25-19(22)24/h3-7,10-12H,8-9H2,1-2H3,(H,21,23). The zero-order valence-electron chi connectivity index (χ0n) is 14.5. The van der Waals surface area contributed by atoms with Crippen molar-refractivity contribution in [3.8, 4) is 5.75 Å². The Labute approximate surface area is 160 Å². The quantitative estimate of drug-likeness (QED) is 0.778. The molecular formula is C19H19BrN2O4. The van der Waals surface area contributed by atoms with E-state index in [4.69, 9.17) is 9.47 Å². The zero-order chi connectivity index (χ0) is 18.7. The van der Waals surface area contributed by atoms with Gasteiger partial charge in [-0.3, -0.25) is 9.69 Å². The molecule has 1 N–H and O–H groups in total. The number of amides is 2. The molecular weight excluding hydrogens is 400 g/mol. The lowest BCUT2D eigenvalue weighted by Gasteiger charge is -2.16. The van der Waals surface area contributed by atoms with E-state index >= 15 is 0 Å². The van der Waals surface area contributed by atoms with Crippen LogP contribution in [-0.2, 0) is 4.74 Å². The number of hydrogen-bond donors (Lipinski definition) is 1. The lowest BCUT2D eigenvalue weighted by Crippen LogP contribution is -2.23. The second-order valence-corrected chi connectivity index (χ2v) is 6.99. The lowest BCUT2D eigenvalue weighted by atomic mass is 10.1. The predicted molar refractivity (Wildman–Crippen MR) is 103 cm³/mol. The first-order valence-corrected chi connectivity index (χ1v) is 9.05. The van der Waals surface area contributed by atoms with Crippen LogP contribution in [-0.4, -0.2) is 31.3 Å². The minimum absolute atomic E-state index is 0.0552. The smallest absolute Gasteiger partial charge is 0.414 e. The summed E-state index contributed by atoms with van der Waals surface area (Å²) in [6.45, 7) is 4.67. The maximum atomic E-state index is 12.7. The molecule has 3 rings (SSSR count). The number of ether oxygens (including phenoxy) is 2. The fourth-order valence-electron chi connectivity index (χ4n) is 2.61. The van der Waals surface area contributed by atoms with Gasteiger partial charge in [0.25, 0.3) is 5.91 Å². The van der Waals surface area contributed by atoms with E-state index in [0.717, 1.165) is 4.47 Å². The van der Waals surface area contributed by atoms with Crippen LogP contribution in [0.4, 0.5) is 16.2 Å². The largest absolute Gasteiger partial charge is 0.490 e. The minimum atomic E-state index is -0.381. The van der Waals surface area contributed by atoms with E-state index in [1.54, 1.807) is 42.5 Å². The molecule has 6 nitrogen and oxygen atoms in total. The molecule has 0 atom stereocenters. The second-order valence-electron chi connectivity index (χ2n) is 6.08. The van der Waals surface area contributed by atoms with Gasteiger partial charge in [-0.1, -0.05) is 22.0 Å². The molecule has 0 saturated carbocycles. The van der Waals surface area contributed by atoms with Crippen LogP contribution in [0.2, 0.25) is 0 Å². The molecule has 136 valence electrons. The number of hydrogen-bond acceptors (Lipinski definition) is 4. The van der Waals surface area contributed by atoms with Gasteiger partial charge in [-0.2, -0.15) is 0 Å². The van der Waals surface area contributed by atoms with Crippen molar-refractivity contribution < 1.29 is 19.1 Å². The third-order valence-corrected chi connectivity index (χ3v) is 4.22.